The third kappa shape index (κ3) is 3.31. The third-order valence-electron chi connectivity index (χ3n) is 7.82. The highest BCUT2D eigenvalue weighted by Crippen LogP contribution is 2.56. The average Bonchev–Trinajstić information content (AvgIpc) is 3.24. The van der Waals surface area contributed by atoms with Crippen molar-refractivity contribution in [1.82, 2.24) is 4.57 Å². The van der Waals surface area contributed by atoms with Gasteiger partial charge in [0.05, 0.1) is 11.0 Å². The Morgan fingerprint density at radius 2 is 1.73 bits per heavy atom. The number of fused-ring (bicyclic) bond motifs is 1. The van der Waals surface area contributed by atoms with Crippen LogP contribution in [0.3, 0.4) is 0 Å². The standard InChI is InChI=1S/C27H27FN2O3/c28-20-11-7-18(8-12-20)24-17-29-25-22(24)5-4-6-23(25)26(33-27(29)15-2-1-3-16-27)19-9-13-21(14-10-19)30(31)32/h7-14,17,23,26H,1-6,15-16H2. The van der Waals surface area contributed by atoms with Crippen LogP contribution in [0.15, 0.2) is 54.7 Å². The van der Waals surface area contributed by atoms with Gasteiger partial charge in [0.15, 0.2) is 0 Å². The number of benzene rings is 2. The van der Waals surface area contributed by atoms with Crippen LogP contribution in [-0.4, -0.2) is 9.49 Å². The largest absolute Gasteiger partial charge is 0.347 e. The lowest BCUT2D eigenvalue weighted by Gasteiger charge is -2.50. The Morgan fingerprint density at radius 3 is 2.42 bits per heavy atom. The van der Waals surface area contributed by atoms with Gasteiger partial charge in [-0.15, -0.1) is 0 Å². The minimum Gasteiger partial charge on any atom is -0.347 e. The second-order valence-corrected chi connectivity index (χ2v) is 9.68. The monoisotopic (exact) mass is 446 g/mol. The van der Waals surface area contributed by atoms with Crippen molar-refractivity contribution in [1.29, 1.82) is 0 Å². The SMILES string of the molecule is O=[N+]([O-])c1ccc(C2OC3(CCCCC3)n3cc(-c4ccc(F)cc4)c4c3C2CCC4)cc1. The minimum atomic E-state index is -0.388. The molecule has 2 atom stereocenters. The van der Waals surface area contributed by atoms with Crippen LogP contribution in [0.1, 0.15) is 73.8 Å². The topological polar surface area (TPSA) is 57.3 Å². The van der Waals surface area contributed by atoms with Gasteiger partial charge in [-0.25, -0.2) is 4.39 Å². The maximum Gasteiger partial charge on any atom is 0.269 e. The van der Waals surface area contributed by atoms with Gasteiger partial charge in [-0.05, 0) is 85.9 Å². The fourth-order valence-corrected chi connectivity index (χ4v) is 6.30. The molecule has 2 aliphatic carbocycles. The van der Waals surface area contributed by atoms with E-state index in [4.69, 9.17) is 4.74 Å². The van der Waals surface area contributed by atoms with Crippen molar-refractivity contribution in [3.05, 3.63) is 87.5 Å². The Kier molecular flexibility index (Phi) is 4.87. The first-order valence-corrected chi connectivity index (χ1v) is 12.0. The molecule has 1 fully saturated rings. The van der Waals surface area contributed by atoms with Crippen LogP contribution in [0.2, 0.25) is 0 Å². The highest BCUT2D eigenvalue weighted by molar-refractivity contribution is 5.70. The summed E-state index contributed by atoms with van der Waals surface area (Å²) in [6, 6.07) is 13.7. The van der Waals surface area contributed by atoms with Crippen LogP contribution in [0.4, 0.5) is 10.1 Å². The molecule has 3 aromatic rings. The summed E-state index contributed by atoms with van der Waals surface area (Å²) >= 11 is 0. The zero-order valence-electron chi connectivity index (χ0n) is 18.5. The van der Waals surface area contributed by atoms with Gasteiger partial charge in [0.2, 0.25) is 0 Å². The van der Waals surface area contributed by atoms with Gasteiger partial charge in [-0.1, -0.05) is 18.6 Å². The Morgan fingerprint density at radius 1 is 1.00 bits per heavy atom. The summed E-state index contributed by atoms with van der Waals surface area (Å²) in [5, 5.41) is 11.2. The highest BCUT2D eigenvalue weighted by atomic mass is 19.1. The maximum absolute atomic E-state index is 13.6. The van der Waals surface area contributed by atoms with Crippen LogP contribution in [0.25, 0.3) is 11.1 Å². The Hall–Kier alpha value is -2.99. The first-order chi connectivity index (χ1) is 16.1. The van der Waals surface area contributed by atoms with E-state index in [1.54, 1.807) is 12.1 Å². The van der Waals surface area contributed by atoms with Gasteiger partial charge in [-0.2, -0.15) is 0 Å². The molecule has 1 saturated carbocycles. The van der Waals surface area contributed by atoms with Crippen molar-refractivity contribution < 1.29 is 14.1 Å². The van der Waals surface area contributed by atoms with Crippen molar-refractivity contribution in [3.63, 3.8) is 0 Å². The number of hydrogen-bond acceptors (Lipinski definition) is 3. The van der Waals surface area contributed by atoms with E-state index in [1.807, 2.05) is 24.3 Å². The Bertz CT molecular complexity index is 1190. The average molecular weight is 447 g/mol. The molecule has 1 aromatic heterocycles. The van der Waals surface area contributed by atoms with Gasteiger partial charge >= 0.3 is 0 Å². The Balaban J connectivity index is 1.51. The van der Waals surface area contributed by atoms with E-state index in [0.717, 1.165) is 56.1 Å². The molecule has 2 heterocycles. The summed E-state index contributed by atoms with van der Waals surface area (Å²) in [5.74, 6) is -0.0171. The van der Waals surface area contributed by atoms with E-state index < -0.39 is 0 Å². The number of rotatable bonds is 3. The summed E-state index contributed by atoms with van der Waals surface area (Å²) in [6.07, 6.45) is 10.6. The number of nitro benzene ring substituents is 1. The van der Waals surface area contributed by atoms with E-state index in [-0.39, 0.29) is 34.2 Å². The molecule has 2 unspecified atom stereocenters. The van der Waals surface area contributed by atoms with Crippen molar-refractivity contribution in [3.8, 4) is 11.1 Å². The fourth-order valence-electron chi connectivity index (χ4n) is 6.30. The molecule has 0 saturated heterocycles. The van der Waals surface area contributed by atoms with E-state index in [0.29, 0.717) is 0 Å². The first kappa shape index (κ1) is 20.6. The molecule has 6 rings (SSSR count). The van der Waals surface area contributed by atoms with Crippen LogP contribution >= 0.6 is 0 Å². The summed E-state index contributed by atoms with van der Waals surface area (Å²) in [4.78, 5) is 10.8. The fraction of sp³-hybridized carbons (Fsp3) is 0.407. The lowest BCUT2D eigenvalue weighted by molar-refractivity contribution is -0.384. The molecular formula is C27H27FN2O3. The Labute approximate surface area is 192 Å². The van der Waals surface area contributed by atoms with E-state index in [1.165, 1.54) is 35.4 Å². The highest BCUT2D eigenvalue weighted by Gasteiger charge is 2.48. The normalized spacial score (nSPS) is 23.3. The lowest BCUT2D eigenvalue weighted by Crippen LogP contribution is -2.46. The molecule has 0 amide bonds. The quantitative estimate of drug-likeness (QED) is 0.321. The molecular weight excluding hydrogens is 419 g/mol. The van der Waals surface area contributed by atoms with Crippen molar-refractivity contribution >= 4 is 5.69 Å². The molecule has 6 heteroatoms. The van der Waals surface area contributed by atoms with Crippen molar-refractivity contribution in [2.75, 3.05) is 0 Å². The number of halogens is 1. The molecule has 1 aliphatic heterocycles. The van der Waals surface area contributed by atoms with Gasteiger partial charge in [-0.3, -0.25) is 10.1 Å². The number of nitro groups is 1. The second-order valence-electron chi connectivity index (χ2n) is 9.68. The second kappa shape index (κ2) is 7.80. The number of hydrogen-bond donors (Lipinski definition) is 0. The minimum absolute atomic E-state index is 0.105. The van der Waals surface area contributed by atoms with Crippen LogP contribution in [0.5, 0.6) is 0 Å². The first-order valence-electron chi connectivity index (χ1n) is 12.0. The van der Waals surface area contributed by atoms with Crippen LogP contribution in [-0.2, 0) is 16.9 Å². The molecule has 1 spiro atoms. The van der Waals surface area contributed by atoms with Crippen LogP contribution in [0, 0.1) is 15.9 Å². The molecule has 0 N–H and O–H groups in total. The third-order valence-corrected chi connectivity index (χ3v) is 7.82. The lowest BCUT2D eigenvalue weighted by atomic mass is 9.77. The smallest absolute Gasteiger partial charge is 0.269 e. The number of nitrogens with zero attached hydrogens (tertiary/aromatic N) is 2. The molecule has 2 aromatic carbocycles. The molecule has 5 nitrogen and oxygen atoms in total. The van der Waals surface area contributed by atoms with Gasteiger partial charge < -0.3 is 9.30 Å². The van der Waals surface area contributed by atoms with Gasteiger partial charge in [0.1, 0.15) is 11.5 Å². The number of non-ortho nitro benzene ring substituents is 1. The maximum atomic E-state index is 13.6. The summed E-state index contributed by atoms with van der Waals surface area (Å²) < 4.78 is 23.1. The zero-order valence-corrected chi connectivity index (χ0v) is 18.5. The predicted molar refractivity (Wildman–Crippen MR) is 123 cm³/mol. The number of ether oxygens (including phenoxy) is 1. The van der Waals surface area contributed by atoms with Gasteiger partial charge in [0.25, 0.3) is 5.69 Å². The van der Waals surface area contributed by atoms with Crippen molar-refractivity contribution in [2.45, 2.75) is 69.1 Å². The molecule has 33 heavy (non-hydrogen) atoms. The molecule has 0 bridgehead atoms. The van der Waals surface area contributed by atoms with E-state index in [2.05, 4.69) is 10.8 Å². The number of aromatic nitrogens is 1. The van der Waals surface area contributed by atoms with Crippen molar-refractivity contribution in [2.24, 2.45) is 0 Å². The predicted octanol–water partition coefficient (Wildman–Crippen LogP) is 7.01. The summed E-state index contributed by atoms with van der Waals surface area (Å²) in [5.41, 5.74) is 5.68. The summed E-state index contributed by atoms with van der Waals surface area (Å²) in [6.45, 7) is 0. The molecule has 170 valence electrons. The van der Waals surface area contributed by atoms with Gasteiger partial charge in [0, 0.05) is 35.5 Å². The van der Waals surface area contributed by atoms with E-state index in [9.17, 15) is 14.5 Å². The van der Waals surface area contributed by atoms with E-state index >= 15 is 0 Å². The molecule has 0 radical (unpaired) electrons. The zero-order chi connectivity index (χ0) is 22.6. The molecule has 3 aliphatic rings. The van der Waals surface area contributed by atoms with Crippen LogP contribution < -0.4 is 0 Å². The summed E-state index contributed by atoms with van der Waals surface area (Å²) in [7, 11) is 0.